The van der Waals surface area contributed by atoms with Gasteiger partial charge in [-0.05, 0) is 56.0 Å². The molecule has 8 heteroatoms. The van der Waals surface area contributed by atoms with Gasteiger partial charge in [0.2, 0.25) is 0 Å². The van der Waals surface area contributed by atoms with Gasteiger partial charge in [0, 0.05) is 43.8 Å². The molecule has 2 aliphatic rings. The average Bonchev–Trinajstić information content (AvgIpc) is 2.81. The van der Waals surface area contributed by atoms with Crippen molar-refractivity contribution < 1.29 is 14.3 Å². The molecule has 1 saturated heterocycles. The van der Waals surface area contributed by atoms with Gasteiger partial charge in [-0.2, -0.15) is 0 Å². The van der Waals surface area contributed by atoms with Crippen molar-refractivity contribution in [2.24, 2.45) is 0 Å². The summed E-state index contributed by atoms with van der Waals surface area (Å²) in [6.07, 6.45) is 5.67. The average molecular weight is 427 g/mol. The highest BCUT2D eigenvalue weighted by Crippen LogP contribution is 2.25. The van der Waals surface area contributed by atoms with Gasteiger partial charge in [-0.15, -0.1) is 0 Å². The summed E-state index contributed by atoms with van der Waals surface area (Å²) in [6, 6.07) is 9.64. The van der Waals surface area contributed by atoms with Crippen LogP contribution in [0, 0.1) is 0 Å². The number of amides is 1. The van der Waals surface area contributed by atoms with Crippen LogP contribution in [0.2, 0.25) is 0 Å². The molecule has 2 heterocycles. The van der Waals surface area contributed by atoms with E-state index in [2.05, 4.69) is 20.5 Å². The first kappa shape index (κ1) is 21.4. The number of nitrogens with one attached hydrogen (secondary N) is 3. The summed E-state index contributed by atoms with van der Waals surface area (Å²) in [5.41, 5.74) is 2.00. The minimum Gasteiger partial charge on any atom is -0.381 e. The van der Waals surface area contributed by atoms with Crippen LogP contribution in [0.5, 0.6) is 0 Å². The van der Waals surface area contributed by atoms with Crippen LogP contribution < -0.4 is 21.1 Å². The molecule has 1 amide bonds. The molecule has 0 radical (unpaired) electrons. The lowest BCUT2D eigenvalue weighted by atomic mass is 9.92. The number of aromatic nitrogens is 1. The fourth-order valence-corrected chi connectivity index (χ4v) is 4.26. The topological polar surface area (TPSA) is 95.7 Å². The van der Waals surface area contributed by atoms with Crippen LogP contribution in [0.15, 0.2) is 41.3 Å². The molecule has 166 valence electrons. The number of anilines is 3. The molecule has 31 heavy (non-hydrogen) atoms. The standard InChI is InChI=1S/C23H30N4O4/c1-30-19-8-4-16(5-9-19)25-20-10-11-24-22(28)21(20)23(29)26-17-2-6-18(7-3-17)27-12-14-31-15-13-27/h2-3,6-7,10-11,16,19H,4-5,8-9,12-15H2,1H3,(H,26,29)(H2,24,25,28). The first-order chi connectivity index (χ1) is 15.1. The van der Waals surface area contributed by atoms with E-state index >= 15 is 0 Å². The minimum absolute atomic E-state index is 0.105. The van der Waals surface area contributed by atoms with Crippen molar-refractivity contribution in [2.75, 3.05) is 48.9 Å². The Morgan fingerprint density at radius 1 is 1.10 bits per heavy atom. The van der Waals surface area contributed by atoms with Crippen LogP contribution >= 0.6 is 0 Å². The molecule has 1 aromatic heterocycles. The van der Waals surface area contributed by atoms with Gasteiger partial charge in [-0.25, -0.2) is 0 Å². The highest BCUT2D eigenvalue weighted by molar-refractivity contribution is 6.07. The highest BCUT2D eigenvalue weighted by atomic mass is 16.5. The Hall–Kier alpha value is -2.84. The zero-order valence-electron chi connectivity index (χ0n) is 17.9. The molecule has 0 unspecified atom stereocenters. The van der Waals surface area contributed by atoms with Gasteiger partial charge in [0.05, 0.1) is 25.0 Å². The van der Waals surface area contributed by atoms with Gasteiger partial charge in [-0.3, -0.25) is 9.59 Å². The van der Waals surface area contributed by atoms with E-state index in [0.29, 0.717) is 17.5 Å². The van der Waals surface area contributed by atoms with E-state index in [1.807, 2.05) is 24.3 Å². The van der Waals surface area contributed by atoms with Crippen LogP contribution in [0.25, 0.3) is 0 Å². The molecule has 0 spiro atoms. The van der Waals surface area contributed by atoms with Gasteiger partial charge in [0.15, 0.2) is 0 Å². The number of hydrogen-bond acceptors (Lipinski definition) is 6. The summed E-state index contributed by atoms with van der Waals surface area (Å²) in [6.45, 7) is 3.15. The van der Waals surface area contributed by atoms with E-state index in [4.69, 9.17) is 9.47 Å². The van der Waals surface area contributed by atoms with Crippen LogP contribution in [-0.4, -0.2) is 56.5 Å². The Morgan fingerprint density at radius 2 is 1.81 bits per heavy atom. The zero-order valence-corrected chi connectivity index (χ0v) is 17.9. The van der Waals surface area contributed by atoms with Crippen molar-refractivity contribution in [3.05, 3.63) is 52.4 Å². The number of aromatic amines is 1. The monoisotopic (exact) mass is 426 g/mol. The molecule has 2 aromatic rings. The summed E-state index contributed by atoms with van der Waals surface area (Å²) >= 11 is 0. The molecule has 0 atom stereocenters. The number of morpholine rings is 1. The van der Waals surface area contributed by atoms with E-state index < -0.39 is 11.5 Å². The number of nitrogens with zero attached hydrogens (tertiary/aromatic N) is 1. The third-order valence-corrected chi connectivity index (χ3v) is 6.06. The number of pyridine rings is 1. The number of benzene rings is 1. The molecule has 3 N–H and O–H groups in total. The van der Waals surface area contributed by atoms with E-state index in [1.54, 1.807) is 19.4 Å². The number of carbonyl (C=O) groups is 1. The lowest BCUT2D eigenvalue weighted by molar-refractivity contribution is 0.0681. The van der Waals surface area contributed by atoms with Crippen LogP contribution in [0.3, 0.4) is 0 Å². The Bertz CT molecular complexity index is 929. The lowest BCUT2D eigenvalue weighted by Crippen LogP contribution is -2.36. The van der Waals surface area contributed by atoms with Crippen molar-refractivity contribution in [3.8, 4) is 0 Å². The van der Waals surface area contributed by atoms with Crippen LogP contribution in [0.1, 0.15) is 36.0 Å². The van der Waals surface area contributed by atoms with Crippen molar-refractivity contribution in [3.63, 3.8) is 0 Å². The maximum atomic E-state index is 13.0. The molecule has 1 aromatic carbocycles. The molecule has 8 nitrogen and oxygen atoms in total. The second-order valence-electron chi connectivity index (χ2n) is 8.05. The van der Waals surface area contributed by atoms with E-state index in [1.165, 1.54) is 0 Å². The maximum absolute atomic E-state index is 13.0. The Labute approximate surface area is 181 Å². The Morgan fingerprint density at radius 3 is 2.48 bits per heavy atom. The third kappa shape index (κ3) is 5.26. The Balaban J connectivity index is 1.44. The quantitative estimate of drug-likeness (QED) is 0.657. The molecular weight excluding hydrogens is 396 g/mol. The normalized spacial score (nSPS) is 21.5. The van der Waals surface area contributed by atoms with Gasteiger partial charge in [0.25, 0.3) is 11.5 Å². The van der Waals surface area contributed by atoms with E-state index in [-0.39, 0.29) is 11.6 Å². The molecule has 1 aliphatic carbocycles. The van der Waals surface area contributed by atoms with Crippen molar-refractivity contribution in [2.45, 2.75) is 37.8 Å². The number of methoxy groups -OCH3 is 1. The molecular formula is C23H30N4O4. The molecule has 1 aliphatic heterocycles. The number of hydrogen-bond donors (Lipinski definition) is 3. The fraction of sp³-hybridized carbons (Fsp3) is 0.478. The molecule has 4 rings (SSSR count). The number of ether oxygens (including phenoxy) is 2. The van der Waals surface area contributed by atoms with E-state index in [0.717, 1.165) is 57.7 Å². The third-order valence-electron chi connectivity index (χ3n) is 6.06. The van der Waals surface area contributed by atoms with Crippen LogP contribution in [-0.2, 0) is 9.47 Å². The summed E-state index contributed by atoms with van der Waals surface area (Å²) < 4.78 is 10.8. The second-order valence-corrected chi connectivity index (χ2v) is 8.05. The predicted octanol–water partition coefficient (Wildman–Crippen LogP) is 2.83. The highest BCUT2D eigenvalue weighted by Gasteiger charge is 2.23. The lowest BCUT2D eigenvalue weighted by Gasteiger charge is -2.29. The first-order valence-electron chi connectivity index (χ1n) is 10.9. The fourth-order valence-electron chi connectivity index (χ4n) is 4.26. The second kappa shape index (κ2) is 9.98. The van der Waals surface area contributed by atoms with Crippen molar-refractivity contribution >= 4 is 23.0 Å². The largest absolute Gasteiger partial charge is 0.381 e. The predicted molar refractivity (Wildman–Crippen MR) is 121 cm³/mol. The number of rotatable bonds is 6. The maximum Gasteiger partial charge on any atom is 0.263 e. The Kier molecular flexibility index (Phi) is 6.89. The summed E-state index contributed by atoms with van der Waals surface area (Å²) in [5.74, 6) is -0.422. The van der Waals surface area contributed by atoms with E-state index in [9.17, 15) is 9.59 Å². The SMILES string of the molecule is COC1CCC(Nc2cc[nH]c(=O)c2C(=O)Nc2ccc(N3CCOCC3)cc2)CC1. The summed E-state index contributed by atoms with van der Waals surface area (Å²) in [5, 5.41) is 6.26. The van der Waals surface area contributed by atoms with Gasteiger partial charge >= 0.3 is 0 Å². The summed E-state index contributed by atoms with van der Waals surface area (Å²) in [4.78, 5) is 30.3. The van der Waals surface area contributed by atoms with Crippen molar-refractivity contribution in [1.29, 1.82) is 0 Å². The zero-order chi connectivity index (χ0) is 21.6. The number of carbonyl (C=O) groups excluding carboxylic acids is 1. The molecule has 2 fully saturated rings. The van der Waals surface area contributed by atoms with Crippen LogP contribution in [0.4, 0.5) is 17.1 Å². The van der Waals surface area contributed by atoms with Gasteiger partial charge in [-0.1, -0.05) is 0 Å². The first-order valence-corrected chi connectivity index (χ1v) is 10.9. The minimum atomic E-state index is -0.422. The van der Waals surface area contributed by atoms with Gasteiger partial charge in [0.1, 0.15) is 5.56 Å². The van der Waals surface area contributed by atoms with Crippen molar-refractivity contribution in [1.82, 2.24) is 4.98 Å². The summed E-state index contributed by atoms with van der Waals surface area (Å²) in [7, 11) is 1.74. The molecule has 1 saturated carbocycles. The smallest absolute Gasteiger partial charge is 0.263 e. The molecule has 0 bridgehead atoms. The van der Waals surface area contributed by atoms with Gasteiger partial charge < -0.3 is 30.0 Å². The number of H-pyrrole nitrogens is 1.